The molecule has 0 spiro atoms. The summed E-state index contributed by atoms with van der Waals surface area (Å²) in [7, 11) is 0. The van der Waals surface area contributed by atoms with Crippen molar-refractivity contribution in [2.45, 2.75) is 19.3 Å². The Morgan fingerprint density at radius 3 is 2.68 bits per heavy atom. The highest BCUT2D eigenvalue weighted by Gasteiger charge is 2.14. The number of piperidine rings is 1. The van der Waals surface area contributed by atoms with Crippen LogP contribution in [-0.2, 0) is 0 Å². The monoisotopic (exact) mass is 414 g/mol. The van der Waals surface area contributed by atoms with Gasteiger partial charge < -0.3 is 10.2 Å². The van der Waals surface area contributed by atoms with Gasteiger partial charge in [-0.15, -0.1) is 0 Å². The molecule has 1 fully saturated rings. The standard InChI is InChI=1S/C24H23FN6/c1-16(28-23-8-6-19(25)14-27-23)24-21-12-17(5-7-22(21)29-30-24)18-11-20(15-26-13-18)31-9-3-2-4-10-31/h5-8,11-15H,1-4,9-10H2,(H,27,28)(H,29,30). The molecule has 0 unspecified atom stereocenters. The molecule has 31 heavy (non-hydrogen) atoms. The summed E-state index contributed by atoms with van der Waals surface area (Å²) >= 11 is 0. The SMILES string of the molecule is C=C(Nc1ccc(F)cn1)c1n[nH]c2ccc(-c3cncc(N4CCCCC4)c3)cc12. The predicted molar refractivity (Wildman–Crippen MR) is 122 cm³/mol. The van der Waals surface area contributed by atoms with Crippen molar-refractivity contribution in [3.63, 3.8) is 0 Å². The van der Waals surface area contributed by atoms with Crippen molar-refractivity contribution in [3.05, 3.63) is 73.1 Å². The quantitative estimate of drug-likeness (QED) is 0.468. The summed E-state index contributed by atoms with van der Waals surface area (Å²) in [6, 6.07) is 11.3. The third-order valence-corrected chi connectivity index (χ3v) is 5.63. The van der Waals surface area contributed by atoms with Gasteiger partial charge in [0.15, 0.2) is 0 Å². The topological polar surface area (TPSA) is 69.7 Å². The minimum absolute atomic E-state index is 0.383. The smallest absolute Gasteiger partial charge is 0.141 e. The summed E-state index contributed by atoms with van der Waals surface area (Å²) < 4.78 is 13.1. The number of hydrogen-bond acceptors (Lipinski definition) is 5. The highest BCUT2D eigenvalue weighted by atomic mass is 19.1. The molecule has 0 bridgehead atoms. The van der Waals surface area contributed by atoms with Gasteiger partial charge in [-0.2, -0.15) is 5.10 Å². The van der Waals surface area contributed by atoms with Crippen molar-refractivity contribution >= 4 is 28.1 Å². The van der Waals surface area contributed by atoms with Crippen LogP contribution < -0.4 is 10.2 Å². The minimum Gasteiger partial charge on any atom is -0.370 e. The Morgan fingerprint density at radius 1 is 1.00 bits per heavy atom. The molecule has 1 aliphatic rings. The molecule has 5 rings (SSSR count). The van der Waals surface area contributed by atoms with Gasteiger partial charge in [0, 0.05) is 30.2 Å². The Balaban J connectivity index is 1.45. The van der Waals surface area contributed by atoms with Gasteiger partial charge in [0.05, 0.1) is 29.3 Å². The van der Waals surface area contributed by atoms with Gasteiger partial charge >= 0.3 is 0 Å². The van der Waals surface area contributed by atoms with Crippen molar-refractivity contribution in [1.82, 2.24) is 20.2 Å². The van der Waals surface area contributed by atoms with Crippen molar-refractivity contribution < 1.29 is 4.39 Å². The van der Waals surface area contributed by atoms with Crippen LogP contribution in [0.3, 0.4) is 0 Å². The van der Waals surface area contributed by atoms with Crippen LogP contribution in [0.1, 0.15) is 25.0 Å². The molecule has 3 aromatic heterocycles. The lowest BCUT2D eigenvalue weighted by atomic mass is 10.0. The lowest BCUT2D eigenvalue weighted by Crippen LogP contribution is -2.29. The largest absolute Gasteiger partial charge is 0.370 e. The Bertz CT molecular complexity index is 1220. The van der Waals surface area contributed by atoms with E-state index < -0.39 is 0 Å². The molecule has 0 saturated carbocycles. The van der Waals surface area contributed by atoms with E-state index in [-0.39, 0.29) is 5.82 Å². The molecule has 0 aliphatic carbocycles. The molecule has 0 atom stereocenters. The third-order valence-electron chi connectivity index (χ3n) is 5.63. The molecule has 1 aliphatic heterocycles. The summed E-state index contributed by atoms with van der Waals surface area (Å²) in [5, 5.41) is 11.5. The van der Waals surface area contributed by atoms with Crippen LogP contribution in [0.25, 0.3) is 27.7 Å². The predicted octanol–water partition coefficient (Wildman–Crippen LogP) is 5.23. The van der Waals surface area contributed by atoms with Crippen molar-refractivity contribution in [1.29, 1.82) is 0 Å². The molecular weight excluding hydrogens is 391 g/mol. The number of H-pyrrole nitrogens is 1. The van der Waals surface area contributed by atoms with Crippen LogP contribution in [0.4, 0.5) is 15.9 Å². The lowest BCUT2D eigenvalue weighted by Gasteiger charge is -2.28. The van der Waals surface area contributed by atoms with Crippen LogP contribution in [0.15, 0.2) is 61.6 Å². The van der Waals surface area contributed by atoms with E-state index >= 15 is 0 Å². The number of aromatic amines is 1. The fourth-order valence-corrected chi connectivity index (χ4v) is 4.00. The fraction of sp³-hybridized carbons (Fsp3) is 0.208. The Morgan fingerprint density at radius 2 is 1.87 bits per heavy atom. The van der Waals surface area contributed by atoms with E-state index in [0.29, 0.717) is 17.2 Å². The Hall–Kier alpha value is -3.74. The number of rotatable bonds is 5. The van der Waals surface area contributed by atoms with Gasteiger partial charge in [-0.1, -0.05) is 12.6 Å². The second-order valence-corrected chi connectivity index (χ2v) is 7.78. The molecule has 4 aromatic rings. The van der Waals surface area contributed by atoms with E-state index in [0.717, 1.165) is 40.8 Å². The zero-order valence-electron chi connectivity index (χ0n) is 17.1. The number of benzene rings is 1. The second-order valence-electron chi connectivity index (χ2n) is 7.78. The molecule has 6 nitrogen and oxygen atoms in total. The first-order chi connectivity index (χ1) is 15.2. The van der Waals surface area contributed by atoms with E-state index in [2.05, 4.69) is 55.2 Å². The van der Waals surface area contributed by atoms with E-state index in [9.17, 15) is 4.39 Å². The molecule has 4 heterocycles. The molecule has 0 radical (unpaired) electrons. The summed E-state index contributed by atoms with van der Waals surface area (Å²) in [5.41, 5.74) is 5.49. The highest BCUT2D eigenvalue weighted by molar-refractivity contribution is 5.94. The maximum absolute atomic E-state index is 13.1. The van der Waals surface area contributed by atoms with Gasteiger partial charge in [0.2, 0.25) is 0 Å². The first kappa shape index (κ1) is 19.2. The molecule has 1 saturated heterocycles. The average molecular weight is 414 g/mol. The van der Waals surface area contributed by atoms with Crippen LogP contribution in [0.2, 0.25) is 0 Å². The minimum atomic E-state index is -0.383. The first-order valence-corrected chi connectivity index (χ1v) is 10.4. The molecule has 0 amide bonds. The highest BCUT2D eigenvalue weighted by Crippen LogP contribution is 2.30. The van der Waals surface area contributed by atoms with Crippen LogP contribution >= 0.6 is 0 Å². The third kappa shape index (κ3) is 3.99. The van der Waals surface area contributed by atoms with Gasteiger partial charge in [-0.3, -0.25) is 10.1 Å². The van der Waals surface area contributed by atoms with Crippen molar-refractivity contribution in [2.24, 2.45) is 0 Å². The van der Waals surface area contributed by atoms with Crippen molar-refractivity contribution in [3.8, 4) is 11.1 Å². The second kappa shape index (κ2) is 8.18. The number of hydrogen-bond donors (Lipinski definition) is 2. The first-order valence-electron chi connectivity index (χ1n) is 10.4. The summed E-state index contributed by atoms with van der Waals surface area (Å²) in [6.45, 7) is 6.26. The number of pyridine rings is 2. The molecule has 156 valence electrons. The van der Waals surface area contributed by atoms with Crippen LogP contribution in [-0.4, -0.2) is 33.3 Å². The lowest BCUT2D eigenvalue weighted by molar-refractivity contribution is 0.577. The van der Waals surface area contributed by atoms with E-state index in [1.165, 1.54) is 31.5 Å². The summed E-state index contributed by atoms with van der Waals surface area (Å²) in [5.74, 6) is 0.128. The number of halogens is 1. The number of anilines is 2. The fourth-order valence-electron chi connectivity index (χ4n) is 4.00. The Kier molecular flexibility index (Phi) is 5.08. The number of aromatic nitrogens is 4. The average Bonchev–Trinajstić information content (AvgIpc) is 3.25. The Labute approximate surface area is 179 Å². The van der Waals surface area contributed by atoms with Crippen LogP contribution in [0, 0.1) is 5.82 Å². The van der Waals surface area contributed by atoms with Gasteiger partial charge in [-0.05, 0) is 55.2 Å². The molecule has 1 aromatic carbocycles. The number of fused-ring (bicyclic) bond motifs is 1. The molecular formula is C24H23FN6. The molecule has 7 heteroatoms. The maximum atomic E-state index is 13.1. The summed E-state index contributed by atoms with van der Waals surface area (Å²) in [4.78, 5) is 10.9. The van der Waals surface area contributed by atoms with Crippen LogP contribution in [0.5, 0.6) is 0 Å². The van der Waals surface area contributed by atoms with E-state index in [4.69, 9.17) is 0 Å². The van der Waals surface area contributed by atoms with Gasteiger partial charge in [0.25, 0.3) is 0 Å². The maximum Gasteiger partial charge on any atom is 0.141 e. The normalized spacial score (nSPS) is 14.0. The van der Waals surface area contributed by atoms with Gasteiger partial charge in [-0.25, -0.2) is 9.37 Å². The number of nitrogens with one attached hydrogen (secondary N) is 2. The zero-order valence-corrected chi connectivity index (χ0v) is 17.1. The van der Waals surface area contributed by atoms with Crippen molar-refractivity contribution in [2.75, 3.05) is 23.3 Å². The molecule has 2 N–H and O–H groups in total. The van der Waals surface area contributed by atoms with Gasteiger partial charge in [0.1, 0.15) is 17.3 Å². The van der Waals surface area contributed by atoms with E-state index in [1.807, 2.05) is 18.5 Å². The number of nitrogens with zero attached hydrogens (tertiary/aromatic N) is 4. The zero-order chi connectivity index (χ0) is 21.2. The van der Waals surface area contributed by atoms with E-state index in [1.54, 1.807) is 6.07 Å². The summed E-state index contributed by atoms with van der Waals surface area (Å²) in [6.07, 6.45) is 8.76.